The largest absolute Gasteiger partial charge is 0.517 e. The molecule has 3 nitrogen and oxygen atoms in total. The topological polar surface area (TPSA) is 46.5 Å². The van der Waals surface area contributed by atoms with Crippen LogP contribution in [-0.2, 0) is 9.22 Å². The molecule has 0 aromatic heterocycles. The quantitative estimate of drug-likeness (QED) is 0.745. The third kappa shape index (κ3) is 3.05. The van der Waals surface area contributed by atoms with E-state index in [9.17, 15) is 4.79 Å². The van der Waals surface area contributed by atoms with Crippen molar-refractivity contribution in [2.24, 2.45) is 0 Å². The monoisotopic (exact) mass is 232 g/mol. The second-order valence-corrected chi connectivity index (χ2v) is 11.4. The van der Waals surface area contributed by atoms with Gasteiger partial charge >= 0.3 is 5.97 Å². The van der Waals surface area contributed by atoms with Crippen molar-refractivity contribution in [3.8, 4) is 0 Å². The van der Waals surface area contributed by atoms with Gasteiger partial charge in [-0.1, -0.05) is 41.5 Å². The number of aliphatic hydroxyl groups excluding tert-OH is 1. The van der Waals surface area contributed by atoms with Crippen LogP contribution >= 0.6 is 0 Å². The van der Waals surface area contributed by atoms with Crippen molar-refractivity contribution >= 4 is 14.3 Å². The standard InChI is InChI=1S/C11H24O3Si/c1-10(2,3)15(7,11(4,5)6)14-9(13)8-12/h12H,8H2,1-7H3. The molecule has 0 aliphatic heterocycles. The van der Waals surface area contributed by atoms with Crippen molar-refractivity contribution in [2.45, 2.75) is 58.2 Å². The van der Waals surface area contributed by atoms with Crippen LogP contribution in [0.1, 0.15) is 41.5 Å². The third-order valence-electron chi connectivity index (χ3n) is 3.31. The van der Waals surface area contributed by atoms with E-state index < -0.39 is 20.9 Å². The molecule has 15 heavy (non-hydrogen) atoms. The van der Waals surface area contributed by atoms with Gasteiger partial charge in [-0.15, -0.1) is 0 Å². The smallest absolute Gasteiger partial charge is 0.318 e. The number of aliphatic hydroxyl groups is 1. The molecule has 0 atom stereocenters. The lowest BCUT2D eigenvalue weighted by Gasteiger charge is -2.47. The van der Waals surface area contributed by atoms with Crippen molar-refractivity contribution in [1.29, 1.82) is 0 Å². The average Bonchev–Trinajstić information content (AvgIpc) is 1.99. The van der Waals surface area contributed by atoms with Gasteiger partial charge in [0.05, 0.1) is 0 Å². The van der Waals surface area contributed by atoms with E-state index >= 15 is 0 Å². The lowest BCUT2D eigenvalue weighted by Crippen LogP contribution is -2.53. The van der Waals surface area contributed by atoms with Gasteiger partial charge in [-0.25, -0.2) is 0 Å². The fraction of sp³-hybridized carbons (Fsp3) is 0.909. The van der Waals surface area contributed by atoms with Crippen LogP contribution in [0.3, 0.4) is 0 Å². The maximum atomic E-state index is 11.3. The molecular weight excluding hydrogens is 208 g/mol. The predicted molar refractivity (Wildman–Crippen MR) is 64.2 cm³/mol. The first-order valence-electron chi connectivity index (χ1n) is 5.28. The zero-order chi connectivity index (χ0) is 12.5. The molecule has 0 fully saturated rings. The highest BCUT2D eigenvalue weighted by atomic mass is 28.4. The highest BCUT2D eigenvalue weighted by molar-refractivity contribution is 6.79. The second-order valence-electron chi connectivity index (χ2n) is 6.17. The lowest BCUT2D eigenvalue weighted by molar-refractivity contribution is -0.139. The zero-order valence-electron chi connectivity index (χ0n) is 11.0. The molecule has 4 heteroatoms. The SMILES string of the molecule is CC(C)(C)[Si](C)(OC(=O)CO)C(C)(C)C. The highest BCUT2D eigenvalue weighted by Gasteiger charge is 2.53. The van der Waals surface area contributed by atoms with Crippen LogP contribution in [0.4, 0.5) is 0 Å². The van der Waals surface area contributed by atoms with Crippen LogP contribution in [-0.4, -0.2) is 26.0 Å². The molecule has 0 spiro atoms. The van der Waals surface area contributed by atoms with E-state index in [1.54, 1.807) is 0 Å². The Kier molecular flexibility index (Phi) is 4.16. The van der Waals surface area contributed by atoms with E-state index in [4.69, 9.17) is 9.53 Å². The molecule has 0 rings (SSSR count). The van der Waals surface area contributed by atoms with E-state index in [1.165, 1.54) is 0 Å². The first kappa shape index (κ1) is 14.6. The Hall–Kier alpha value is -0.353. The molecular formula is C11H24O3Si. The summed E-state index contributed by atoms with van der Waals surface area (Å²) < 4.78 is 5.57. The summed E-state index contributed by atoms with van der Waals surface area (Å²) in [5, 5.41) is 8.69. The Morgan fingerprint density at radius 2 is 1.47 bits per heavy atom. The maximum absolute atomic E-state index is 11.3. The Balaban J connectivity index is 5.15. The van der Waals surface area contributed by atoms with Crippen LogP contribution in [0.2, 0.25) is 16.6 Å². The van der Waals surface area contributed by atoms with Crippen LogP contribution in [0.5, 0.6) is 0 Å². The molecule has 0 heterocycles. The number of hydrogen-bond donors (Lipinski definition) is 1. The fourth-order valence-electron chi connectivity index (χ4n) is 1.69. The average molecular weight is 232 g/mol. The molecule has 0 unspecified atom stereocenters. The van der Waals surface area contributed by atoms with Gasteiger partial charge in [0.15, 0.2) is 0 Å². The summed E-state index contributed by atoms with van der Waals surface area (Å²) in [5.74, 6) is -0.506. The molecule has 0 aliphatic carbocycles. The summed E-state index contributed by atoms with van der Waals surface area (Å²) in [6.07, 6.45) is 0. The van der Waals surface area contributed by atoms with E-state index in [2.05, 4.69) is 48.1 Å². The third-order valence-corrected chi connectivity index (χ3v) is 9.67. The maximum Gasteiger partial charge on any atom is 0.318 e. The molecule has 90 valence electrons. The summed E-state index contributed by atoms with van der Waals surface area (Å²) >= 11 is 0. The summed E-state index contributed by atoms with van der Waals surface area (Å²) in [7, 11) is -2.25. The van der Waals surface area contributed by atoms with E-state index in [0.717, 1.165) is 0 Å². The zero-order valence-corrected chi connectivity index (χ0v) is 12.0. The molecule has 0 aliphatic rings. The molecule has 0 aromatic carbocycles. The first-order valence-corrected chi connectivity index (χ1v) is 7.69. The second kappa shape index (κ2) is 4.26. The van der Waals surface area contributed by atoms with Gasteiger partial charge in [0.2, 0.25) is 0 Å². The van der Waals surface area contributed by atoms with Crippen molar-refractivity contribution in [3.63, 3.8) is 0 Å². The summed E-state index contributed by atoms with van der Waals surface area (Å²) in [6, 6.07) is 0. The number of hydrogen-bond acceptors (Lipinski definition) is 3. The number of carbonyl (C=O) groups is 1. The molecule has 0 saturated carbocycles. The van der Waals surface area contributed by atoms with Crippen LogP contribution in [0.25, 0.3) is 0 Å². The van der Waals surface area contributed by atoms with Gasteiger partial charge in [0.25, 0.3) is 8.32 Å². The Morgan fingerprint density at radius 1 is 1.13 bits per heavy atom. The molecule has 0 aromatic rings. The molecule has 0 amide bonds. The lowest BCUT2D eigenvalue weighted by atomic mass is 10.2. The Bertz CT molecular complexity index is 221. The van der Waals surface area contributed by atoms with Crippen LogP contribution < -0.4 is 0 Å². The number of carbonyl (C=O) groups excluding carboxylic acids is 1. The van der Waals surface area contributed by atoms with Gasteiger partial charge < -0.3 is 9.53 Å². The molecule has 0 radical (unpaired) electrons. The van der Waals surface area contributed by atoms with E-state index in [1.807, 2.05) is 0 Å². The molecule has 0 saturated heterocycles. The van der Waals surface area contributed by atoms with E-state index in [-0.39, 0.29) is 10.1 Å². The minimum Gasteiger partial charge on any atom is -0.517 e. The summed E-state index contributed by atoms with van der Waals surface area (Å²) in [5.41, 5.74) is 0. The van der Waals surface area contributed by atoms with Gasteiger partial charge in [-0.2, -0.15) is 0 Å². The van der Waals surface area contributed by atoms with Gasteiger partial charge in [0, 0.05) is 0 Å². The van der Waals surface area contributed by atoms with Gasteiger partial charge in [-0.05, 0) is 16.6 Å². The van der Waals surface area contributed by atoms with Gasteiger partial charge in [-0.3, -0.25) is 4.79 Å². The van der Waals surface area contributed by atoms with Crippen molar-refractivity contribution in [2.75, 3.05) is 6.61 Å². The molecule has 1 N–H and O–H groups in total. The summed E-state index contributed by atoms with van der Waals surface area (Å²) in [6.45, 7) is 14.1. The minimum atomic E-state index is -2.25. The van der Waals surface area contributed by atoms with Crippen LogP contribution in [0.15, 0.2) is 0 Å². The highest BCUT2D eigenvalue weighted by Crippen LogP contribution is 2.51. The predicted octanol–water partition coefficient (Wildman–Crippen LogP) is 2.70. The fourth-order valence-corrected chi connectivity index (χ4v) is 5.07. The van der Waals surface area contributed by atoms with Crippen LogP contribution in [0, 0.1) is 0 Å². The van der Waals surface area contributed by atoms with Crippen molar-refractivity contribution in [1.82, 2.24) is 0 Å². The Labute approximate surface area is 94.0 Å². The minimum absolute atomic E-state index is 0.0456. The van der Waals surface area contributed by atoms with Crippen molar-refractivity contribution < 1.29 is 14.3 Å². The number of rotatable bonds is 2. The first-order chi connectivity index (χ1) is 6.45. The molecule has 0 bridgehead atoms. The Morgan fingerprint density at radius 3 is 1.67 bits per heavy atom. The van der Waals surface area contributed by atoms with Crippen molar-refractivity contribution in [3.05, 3.63) is 0 Å². The normalized spacial score (nSPS) is 13.9. The summed E-state index contributed by atoms with van der Waals surface area (Å²) in [4.78, 5) is 11.3. The van der Waals surface area contributed by atoms with Gasteiger partial charge in [0.1, 0.15) is 6.61 Å². The van der Waals surface area contributed by atoms with E-state index in [0.29, 0.717) is 0 Å².